The fourth-order valence-corrected chi connectivity index (χ4v) is 2.81. The summed E-state index contributed by atoms with van der Waals surface area (Å²) < 4.78 is 0.645. The van der Waals surface area contributed by atoms with Crippen LogP contribution in [0.5, 0.6) is 0 Å². The molecule has 1 aromatic carbocycles. The molecule has 19 heavy (non-hydrogen) atoms. The Hall–Kier alpha value is -0.900. The van der Waals surface area contributed by atoms with E-state index in [9.17, 15) is 0 Å². The van der Waals surface area contributed by atoms with Gasteiger partial charge in [-0.3, -0.25) is 0 Å². The van der Waals surface area contributed by atoms with Crippen molar-refractivity contribution in [2.24, 2.45) is 0 Å². The number of H-pyrrole nitrogens is 1. The number of nitrogens with zero attached hydrogens (tertiary/aromatic N) is 1. The lowest BCUT2D eigenvalue weighted by Gasteiger charge is -2.10. The highest BCUT2D eigenvalue weighted by Crippen LogP contribution is 2.39. The number of halogens is 2. The van der Waals surface area contributed by atoms with Crippen LogP contribution >= 0.6 is 35.4 Å². The first kappa shape index (κ1) is 13.1. The van der Waals surface area contributed by atoms with Gasteiger partial charge in [0.1, 0.15) is 10.5 Å². The van der Waals surface area contributed by atoms with Crippen LogP contribution < -0.4 is 0 Å². The van der Waals surface area contributed by atoms with Crippen LogP contribution in [0.25, 0.3) is 11.3 Å². The largest absolute Gasteiger partial charge is 0.343 e. The van der Waals surface area contributed by atoms with Crippen molar-refractivity contribution in [3.8, 4) is 11.3 Å². The molecule has 98 valence electrons. The Bertz CT molecular complexity index is 685. The van der Waals surface area contributed by atoms with Crippen molar-refractivity contribution in [1.82, 2.24) is 9.97 Å². The van der Waals surface area contributed by atoms with Gasteiger partial charge in [-0.15, -0.1) is 0 Å². The first-order chi connectivity index (χ1) is 9.04. The van der Waals surface area contributed by atoms with Gasteiger partial charge in [0.2, 0.25) is 0 Å². The quantitative estimate of drug-likeness (QED) is 0.763. The smallest absolute Gasteiger partial charge is 0.133 e. The second-order valence-corrected chi connectivity index (χ2v) is 6.12. The van der Waals surface area contributed by atoms with Crippen molar-refractivity contribution >= 4 is 35.4 Å². The van der Waals surface area contributed by atoms with Gasteiger partial charge in [-0.25, -0.2) is 4.98 Å². The average Bonchev–Trinajstić information content (AvgIpc) is 3.15. The minimum absolute atomic E-state index is 0.524. The summed E-state index contributed by atoms with van der Waals surface area (Å²) >= 11 is 17.5. The Balaban J connectivity index is 2.20. The van der Waals surface area contributed by atoms with E-state index in [0.717, 1.165) is 22.6 Å². The van der Waals surface area contributed by atoms with Crippen molar-refractivity contribution in [2.45, 2.75) is 25.7 Å². The topological polar surface area (TPSA) is 28.7 Å². The highest BCUT2D eigenvalue weighted by atomic mass is 35.5. The third kappa shape index (κ3) is 2.69. The standard InChI is InChI=1S/C14H12Cl2N2S/c1-7-12(9-4-10(15)6-11(16)5-9)17-13(8-2-3-8)18-14(7)19/h4-6,8H,2-3H2,1H3,(H,17,18,19). The van der Waals surface area contributed by atoms with Crippen LogP contribution in [0.4, 0.5) is 0 Å². The van der Waals surface area contributed by atoms with Crippen molar-refractivity contribution in [2.75, 3.05) is 0 Å². The van der Waals surface area contributed by atoms with Gasteiger partial charge in [-0.1, -0.05) is 35.4 Å². The van der Waals surface area contributed by atoms with Crippen molar-refractivity contribution in [3.63, 3.8) is 0 Å². The summed E-state index contributed by atoms with van der Waals surface area (Å²) in [7, 11) is 0. The molecule has 5 heteroatoms. The van der Waals surface area contributed by atoms with Gasteiger partial charge in [0.15, 0.2) is 0 Å². The van der Waals surface area contributed by atoms with Crippen LogP contribution in [0.1, 0.15) is 30.1 Å². The predicted molar refractivity (Wildman–Crippen MR) is 81.6 cm³/mol. The third-order valence-corrected chi connectivity index (χ3v) is 4.12. The van der Waals surface area contributed by atoms with E-state index >= 15 is 0 Å². The molecule has 0 amide bonds. The minimum Gasteiger partial charge on any atom is -0.343 e. The lowest BCUT2D eigenvalue weighted by molar-refractivity contribution is 0.914. The summed E-state index contributed by atoms with van der Waals surface area (Å²) in [6.07, 6.45) is 2.36. The molecule has 0 unspecified atom stereocenters. The monoisotopic (exact) mass is 310 g/mol. The summed E-state index contributed by atoms with van der Waals surface area (Å²) in [5.41, 5.74) is 2.87. The molecule has 0 bridgehead atoms. The van der Waals surface area contributed by atoms with Gasteiger partial charge in [0.05, 0.1) is 5.69 Å². The van der Waals surface area contributed by atoms with Gasteiger partial charge in [-0.2, -0.15) is 0 Å². The second-order valence-electron chi connectivity index (χ2n) is 4.86. The van der Waals surface area contributed by atoms with Crippen LogP contribution in [-0.4, -0.2) is 9.97 Å². The van der Waals surface area contributed by atoms with E-state index < -0.39 is 0 Å². The third-order valence-electron chi connectivity index (χ3n) is 3.29. The summed E-state index contributed by atoms with van der Waals surface area (Å²) in [6, 6.07) is 5.50. The first-order valence-electron chi connectivity index (χ1n) is 6.12. The number of rotatable bonds is 2. The van der Waals surface area contributed by atoms with Crippen LogP contribution in [0.15, 0.2) is 18.2 Å². The fraction of sp³-hybridized carbons (Fsp3) is 0.286. The first-order valence-corrected chi connectivity index (χ1v) is 7.28. The summed E-state index contributed by atoms with van der Waals surface area (Å²) in [5.74, 6) is 1.50. The van der Waals surface area contributed by atoms with Gasteiger partial charge < -0.3 is 4.98 Å². The fourth-order valence-electron chi connectivity index (χ4n) is 2.09. The molecule has 0 atom stereocenters. The molecule has 1 saturated carbocycles. The van der Waals surface area contributed by atoms with Crippen LogP contribution in [0.2, 0.25) is 10.0 Å². The molecule has 2 nitrogen and oxygen atoms in total. The molecule has 1 aliphatic carbocycles. The van der Waals surface area contributed by atoms with Crippen LogP contribution in [0, 0.1) is 11.6 Å². The molecule has 1 aromatic heterocycles. The SMILES string of the molecule is Cc1c(-c2cc(Cl)cc(Cl)c2)[nH]c(C2CC2)nc1=S. The molecule has 0 radical (unpaired) electrons. The lowest BCUT2D eigenvalue weighted by atomic mass is 10.1. The highest BCUT2D eigenvalue weighted by Gasteiger charge is 2.26. The molecular formula is C14H12Cl2N2S. The van der Waals surface area contributed by atoms with E-state index in [1.165, 1.54) is 12.8 Å². The van der Waals surface area contributed by atoms with Gasteiger partial charge in [0.25, 0.3) is 0 Å². The zero-order valence-electron chi connectivity index (χ0n) is 10.3. The zero-order valence-corrected chi connectivity index (χ0v) is 12.7. The van der Waals surface area contributed by atoms with E-state index in [0.29, 0.717) is 20.6 Å². The molecule has 1 heterocycles. The van der Waals surface area contributed by atoms with E-state index in [1.54, 1.807) is 6.07 Å². The molecular weight excluding hydrogens is 299 g/mol. The number of benzene rings is 1. The maximum atomic E-state index is 6.07. The average molecular weight is 311 g/mol. The lowest BCUT2D eigenvalue weighted by Crippen LogP contribution is -1.99. The molecule has 0 spiro atoms. The number of aromatic nitrogens is 2. The number of hydrogen-bond donors (Lipinski definition) is 1. The Labute approximate surface area is 126 Å². The Morgan fingerprint density at radius 3 is 2.42 bits per heavy atom. The van der Waals surface area contributed by atoms with Crippen LogP contribution in [-0.2, 0) is 0 Å². The predicted octanol–water partition coefficient (Wildman–Crippen LogP) is 5.30. The molecule has 0 aliphatic heterocycles. The molecule has 1 aliphatic rings. The summed E-state index contributed by atoms with van der Waals surface area (Å²) in [6.45, 7) is 1.96. The van der Waals surface area contributed by atoms with Gasteiger partial charge >= 0.3 is 0 Å². The highest BCUT2D eigenvalue weighted by molar-refractivity contribution is 7.71. The molecule has 3 rings (SSSR count). The summed E-state index contributed by atoms with van der Waals surface area (Å²) in [5, 5.41) is 1.23. The van der Waals surface area contributed by atoms with Crippen molar-refractivity contribution < 1.29 is 0 Å². The number of hydrogen-bond acceptors (Lipinski definition) is 2. The number of aromatic amines is 1. The Morgan fingerprint density at radius 1 is 1.21 bits per heavy atom. The second kappa shape index (κ2) is 4.89. The maximum absolute atomic E-state index is 6.07. The maximum Gasteiger partial charge on any atom is 0.133 e. The molecule has 1 fully saturated rings. The number of nitrogens with one attached hydrogen (secondary N) is 1. The van der Waals surface area contributed by atoms with E-state index in [4.69, 9.17) is 35.4 Å². The van der Waals surface area contributed by atoms with Gasteiger partial charge in [-0.05, 0) is 38.0 Å². The van der Waals surface area contributed by atoms with Crippen molar-refractivity contribution in [1.29, 1.82) is 0 Å². The summed E-state index contributed by atoms with van der Waals surface area (Å²) in [4.78, 5) is 7.85. The Morgan fingerprint density at radius 2 is 1.84 bits per heavy atom. The zero-order chi connectivity index (χ0) is 13.6. The molecule has 2 aromatic rings. The normalized spacial score (nSPS) is 14.7. The van der Waals surface area contributed by atoms with E-state index in [1.807, 2.05) is 19.1 Å². The van der Waals surface area contributed by atoms with E-state index in [2.05, 4.69) is 9.97 Å². The van der Waals surface area contributed by atoms with Gasteiger partial charge in [0, 0.05) is 27.1 Å². The molecule has 1 N–H and O–H groups in total. The molecule has 0 saturated heterocycles. The van der Waals surface area contributed by atoms with Crippen molar-refractivity contribution in [3.05, 3.63) is 44.3 Å². The van der Waals surface area contributed by atoms with Crippen LogP contribution in [0.3, 0.4) is 0 Å². The minimum atomic E-state index is 0.524. The Kier molecular flexibility index (Phi) is 3.37. The van der Waals surface area contributed by atoms with E-state index in [-0.39, 0.29) is 0 Å².